The van der Waals surface area contributed by atoms with Crippen molar-refractivity contribution in [2.24, 2.45) is 0 Å². The Hall–Kier alpha value is -1.46. The molecule has 2 amide bonds. The molecule has 0 rings (SSSR count). The second-order valence-corrected chi connectivity index (χ2v) is 6.92. The van der Waals surface area contributed by atoms with Crippen molar-refractivity contribution in [1.82, 2.24) is 10.6 Å². The molecule has 0 aliphatic carbocycles. The first-order valence-electron chi connectivity index (χ1n) is 7.43. The third kappa shape index (κ3) is 14.8. The molecule has 0 aromatic carbocycles. The lowest BCUT2D eigenvalue weighted by molar-refractivity contribution is 0.0519. The van der Waals surface area contributed by atoms with Crippen LogP contribution in [-0.4, -0.2) is 36.5 Å². The highest BCUT2D eigenvalue weighted by molar-refractivity contribution is 5.67. The summed E-state index contributed by atoms with van der Waals surface area (Å²) in [6.45, 7) is 12.1. The zero-order valence-corrected chi connectivity index (χ0v) is 14.2. The molecule has 0 unspecified atom stereocenters. The third-order valence-electron chi connectivity index (χ3n) is 2.19. The van der Waals surface area contributed by atoms with Crippen molar-refractivity contribution in [2.75, 3.05) is 13.1 Å². The first kappa shape index (κ1) is 19.5. The molecule has 0 radical (unpaired) electrons. The lowest BCUT2D eigenvalue weighted by atomic mass is 10.2. The number of unbranched alkanes of at least 4 members (excludes halogenated alkanes) is 2. The van der Waals surface area contributed by atoms with Crippen LogP contribution in [0.5, 0.6) is 0 Å². The lowest BCUT2D eigenvalue weighted by Crippen LogP contribution is -2.33. The second kappa shape index (κ2) is 8.74. The van der Waals surface area contributed by atoms with Crippen molar-refractivity contribution in [2.45, 2.75) is 72.0 Å². The molecule has 124 valence electrons. The maximum atomic E-state index is 11.4. The van der Waals surface area contributed by atoms with Crippen molar-refractivity contribution < 1.29 is 19.1 Å². The van der Waals surface area contributed by atoms with E-state index in [1.165, 1.54) is 0 Å². The molecule has 0 fully saturated rings. The number of carbonyl (C=O) groups excluding carboxylic acids is 2. The van der Waals surface area contributed by atoms with E-state index in [0.717, 1.165) is 19.3 Å². The molecule has 0 aromatic heterocycles. The van der Waals surface area contributed by atoms with E-state index < -0.39 is 23.4 Å². The maximum absolute atomic E-state index is 11.4. The summed E-state index contributed by atoms with van der Waals surface area (Å²) in [6.07, 6.45) is 1.81. The minimum Gasteiger partial charge on any atom is -0.444 e. The molecular formula is C15H30N2O4. The molecule has 0 aliphatic rings. The van der Waals surface area contributed by atoms with E-state index >= 15 is 0 Å². The molecule has 0 heterocycles. The summed E-state index contributed by atoms with van der Waals surface area (Å²) in [6, 6.07) is 0. The predicted molar refractivity (Wildman–Crippen MR) is 82.3 cm³/mol. The average Bonchev–Trinajstić information content (AvgIpc) is 2.22. The van der Waals surface area contributed by atoms with E-state index in [0.29, 0.717) is 13.1 Å². The Morgan fingerprint density at radius 3 is 1.33 bits per heavy atom. The Labute approximate surface area is 127 Å². The highest BCUT2D eigenvalue weighted by Crippen LogP contribution is 2.07. The van der Waals surface area contributed by atoms with Gasteiger partial charge in [0.15, 0.2) is 0 Å². The lowest BCUT2D eigenvalue weighted by Gasteiger charge is -2.20. The fourth-order valence-electron chi connectivity index (χ4n) is 1.44. The highest BCUT2D eigenvalue weighted by Gasteiger charge is 2.16. The molecule has 6 nitrogen and oxygen atoms in total. The van der Waals surface area contributed by atoms with E-state index in [2.05, 4.69) is 10.6 Å². The summed E-state index contributed by atoms with van der Waals surface area (Å²) >= 11 is 0. The first-order chi connectivity index (χ1) is 9.49. The number of nitrogens with one attached hydrogen (secondary N) is 2. The van der Waals surface area contributed by atoms with Crippen LogP contribution in [0.25, 0.3) is 0 Å². The summed E-state index contributed by atoms with van der Waals surface area (Å²) in [4.78, 5) is 22.7. The van der Waals surface area contributed by atoms with E-state index in [-0.39, 0.29) is 0 Å². The van der Waals surface area contributed by atoms with Crippen molar-refractivity contribution >= 4 is 12.2 Å². The maximum Gasteiger partial charge on any atom is 0.407 e. The van der Waals surface area contributed by atoms with Crippen LogP contribution in [0.15, 0.2) is 0 Å². The third-order valence-corrected chi connectivity index (χ3v) is 2.19. The van der Waals surface area contributed by atoms with E-state index in [9.17, 15) is 9.59 Å². The smallest absolute Gasteiger partial charge is 0.407 e. The average molecular weight is 302 g/mol. The van der Waals surface area contributed by atoms with Gasteiger partial charge in [0.05, 0.1) is 0 Å². The Kier molecular flexibility index (Phi) is 8.14. The van der Waals surface area contributed by atoms with Gasteiger partial charge in [0.1, 0.15) is 11.2 Å². The molecule has 0 aromatic rings. The molecular weight excluding hydrogens is 272 g/mol. The molecule has 2 N–H and O–H groups in total. The largest absolute Gasteiger partial charge is 0.444 e. The zero-order chi connectivity index (χ0) is 16.5. The van der Waals surface area contributed by atoms with Crippen LogP contribution >= 0.6 is 0 Å². The summed E-state index contributed by atoms with van der Waals surface area (Å²) in [5.41, 5.74) is -0.942. The first-order valence-corrected chi connectivity index (χ1v) is 7.43. The van der Waals surface area contributed by atoms with Crippen LogP contribution in [0.3, 0.4) is 0 Å². The summed E-state index contributed by atoms with van der Waals surface area (Å²) in [7, 11) is 0. The van der Waals surface area contributed by atoms with Gasteiger partial charge in [-0.3, -0.25) is 0 Å². The monoisotopic (exact) mass is 302 g/mol. The number of hydrogen-bond acceptors (Lipinski definition) is 4. The highest BCUT2D eigenvalue weighted by atomic mass is 16.6. The molecule has 0 atom stereocenters. The van der Waals surface area contributed by atoms with Gasteiger partial charge in [-0.2, -0.15) is 0 Å². The Morgan fingerprint density at radius 1 is 0.714 bits per heavy atom. The van der Waals surface area contributed by atoms with Gasteiger partial charge in [0.25, 0.3) is 0 Å². The Balaban J connectivity index is 3.49. The normalized spacial score (nSPS) is 11.7. The standard InChI is InChI=1S/C15H30N2O4/c1-14(2,3)20-12(18)16-10-8-7-9-11-17-13(19)21-15(4,5)6/h7-11H2,1-6H3,(H,16,18)(H,17,19). The fraction of sp³-hybridized carbons (Fsp3) is 0.867. The van der Waals surface area contributed by atoms with Gasteiger partial charge < -0.3 is 20.1 Å². The quantitative estimate of drug-likeness (QED) is 0.739. The fourth-order valence-corrected chi connectivity index (χ4v) is 1.44. The van der Waals surface area contributed by atoms with Crippen LogP contribution in [0, 0.1) is 0 Å². The van der Waals surface area contributed by atoms with Gasteiger partial charge in [0, 0.05) is 13.1 Å². The van der Waals surface area contributed by atoms with Gasteiger partial charge in [-0.1, -0.05) is 0 Å². The number of rotatable bonds is 6. The number of alkyl carbamates (subject to hydrolysis) is 2. The number of amides is 2. The van der Waals surface area contributed by atoms with E-state index in [1.807, 2.05) is 41.5 Å². The van der Waals surface area contributed by atoms with Crippen LogP contribution in [0.4, 0.5) is 9.59 Å². The second-order valence-electron chi connectivity index (χ2n) is 6.92. The van der Waals surface area contributed by atoms with Crippen molar-refractivity contribution in [3.8, 4) is 0 Å². The van der Waals surface area contributed by atoms with Gasteiger partial charge in [-0.15, -0.1) is 0 Å². The molecule has 0 aliphatic heterocycles. The number of hydrogen-bond donors (Lipinski definition) is 2. The van der Waals surface area contributed by atoms with Crippen molar-refractivity contribution in [1.29, 1.82) is 0 Å². The summed E-state index contributed by atoms with van der Waals surface area (Å²) in [5.74, 6) is 0. The van der Waals surface area contributed by atoms with E-state index in [1.54, 1.807) is 0 Å². The van der Waals surface area contributed by atoms with Crippen LogP contribution in [0.1, 0.15) is 60.8 Å². The SMILES string of the molecule is CC(C)(C)OC(=O)NCCCCCNC(=O)OC(C)(C)C. The molecule has 0 saturated heterocycles. The van der Waals surface area contributed by atoms with Crippen LogP contribution < -0.4 is 10.6 Å². The number of ether oxygens (including phenoxy) is 2. The summed E-state index contributed by atoms with van der Waals surface area (Å²) < 4.78 is 10.2. The molecule has 21 heavy (non-hydrogen) atoms. The van der Waals surface area contributed by atoms with Gasteiger partial charge in [-0.25, -0.2) is 9.59 Å². The van der Waals surface area contributed by atoms with Crippen LogP contribution in [-0.2, 0) is 9.47 Å². The zero-order valence-electron chi connectivity index (χ0n) is 14.2. The minimum absolute atomic E-state index is 0.394. The van der Waals surface area contributed by atoms with Gasteiger partial charge >= 0.3 is 12.2 Å². The van der Waals surface area contributed by atoms with Gasteiger partial charge in [-0.05, 0) is 60.8 Å². The molecule has 0 saturated carbocycles. The summed E-state index contributed by atoms with van der Waals surface area (Å²) in [5, 5.41) is 5.39. The van der Waals surface area contributed by atoms with E-state index in [4.69, 9.17) is 9.47 Å². The number of carbonyl (C=O) groups is 2. The van der Waals surface area contributed by atoms with Crippen LogP contribution in [0.2, 0.25) is 0 Å². The van der Waals surface area contributed by atoms with Crippen molar-refractivity contribution in [3.05, 3.63) is 0 Å². The molecule has 0 bridgehead atoms. The van der Waals surface area contributed by atoms with Crippen molar-refractivity contribution in [3.63, 3.8) is 0 Å². The Morgan fingerprint density at radius 2 is 1.05 bits per heavy atom. The molecule has 0 spiro atoms. The minimum atomic E-state index is -0.471. The van der Waals surface area contributed by atoms with Gasteiger partial charge in [0.2, 0.25) is 0 Å². The predicted octanol–water partition coefficient (Wildman–Crippen LogP) is 3.21. The molecule has 6 heteroatoms. The topological polar surface area (TPSA) is 76.7 Å². The Bertz CT molecular complexity index is 298.